The predicted molar refractivity (Wildman–Crippen MR) is 82.4 cm³/mol. The molecule has 1 aromatic carbocycles. The molecular formula is C17H25N3. The van der Waals surface area contributed by atoms with Gasteiger partial charge in [0.25, 0.3) is 0 Å². The maximum atomic E-state index is 8.86. The molecule has 1 aliphatic carbocycles. The topological polar surface area (TPSA) is 39.1 Å². The highest BCUT2D eigenvalue weighted by Crippen LogP contribution is 2.28. The van der Waals surface area contributed by atoms with Gasteiger partial charge in [0.1, 0.15) is 0 Å². The molecule has 1 N–H and O–H groups in total. The second-order valence-electron chi connectivity index (χ2n) is 5.87. The van der Waals surface area contributed by atoms with Crippen LogP contribution in [0.2, 0.25) is 0 Å². The molecule has 0 aliphatic heterocycles. The SMILES string of the molecule is CNC1CCC(N(C)C(C)c2ccc(C#N)cc2)CC1. The summed E-state index contributed by atoms with van der Waals surface area (Å²) in [4.78, 5) is 2.49. The van der Waals surface area contributed by atoms with Crippen molar-refractivity contribution >= 4 is 0 Å². The zero-order valence-electron chi connectivity index (χ0n) is 12.8. The Hall–Kier alpha value is -1.37. The van der Waals surface area contributed by atoms with Crippen molar-refractivity contribution in [2.45, 2.75) is 50.7 Å². The van der Waals surface area contributed by atoms with Gasteiger partial charge in [0, 0.05) is 18.1 Å². The first-order valence-corrected chi connectivity index (χ1v) is 7.55. The van der Waals surface area contributed by atoms with Crippen LogP contribution >= 0.6 is 0 Å². The third kappa shape index (κ3) is 3.39. The van der Waals surface area contributed by atoms with Crippen LogP contribution < -0.4 is 5.32 Å². The molecule has 0 saturated heterocycles. The lowest BCUT2D eigenvalue weighted by atomic mass is 9.89. The molecule has 0 amide bonds. The smallest absolute Gasteiger partial charge is 0.0991 e. The van der Waals surface area contributed by atoms with Crippen LogP contribution in [-0.4, -0.2) is 31.1 Å². The molecule has 0 radical (unpaired) electrons. The van der Waals surface area contributed by atoms with E-state index in [0.29, 0.717) is 18.1 Å². The number of nitriles is 1. The minimum absolute atomic E-state index is 0.402. The van der Waals surface area contributed by atoms with E-state index in [2.05, 4.69) is 49.4 Å². The maximum absolute atomic E-state index is 8.86. The van der Waals surface area contributed by atoms with Crippen molar-refractivity contribution in [1.29, 1.82) is 5.26 Å². The zero-order valence-corrected chi connectivity index (χ0v) is 12.8. The number of hydrogen-bond acceptors (Lipinski definition) is 3. The van der Waals surface area contributed by atoms with Gasteiger partial charge in [-0.3, -0.25) is 4.90 Å². The fourth-order valence-corrected chi connectivity index (χ4v) is 3.16. The molecule has 0 aromatic heterocycles. The third-order valence-corrected chi connectivity index (χ3v) is 4.81. The lowest BCUT2D eigenvalue weighted by Gasteiger charge is -2.38. The third-order valence-electron chi connectivity index (χ3n) is 4.81. The second-order valence-corrected chi connectivity index (χ2v) is 5.87. The van der Waals surface area contributed by atoms with Crippen LogP contribution in [0.1, 0.15) is 49.8 Å². The van der Waals surface area contributed by atoms with E-state index in [9.17, 15) is 0 Å². The first kappa shape index (κ1) is 15.0. The zero-order chi connectivity index (χ0) is 14.5. The fraction of sp³-hybridized carbons (Fsp3) is 0.588. The molecular weight excluding hydrogens is 246 g/mol. The first-order chi connectivity index (χ1) is 9.65. The van der Waals surface area contributed by atoms with E-state index in [1.165, 1.54) is 31.2 Å². The Labute approximate surface area is 122 Å². The van der Waals surface area contributed by atoms with Gasteiger partial charge in [-0.05, 0) is 64.4 Å². The molecule has 3 heteroatoms. The van der Waals surface area contributed by atoms with E-state index in [4.69, 9.17) is 5.26 Å². The maximum Gasteiger partial charge on any atom is 0.0991 e. The van der Waals surface area contributed by atoms with Gasteiger partial charge in [-0.25, -0.2) is 0 Å². The Bertz CT molecular complexity index is 452. The Balaban J connectivity index is 1.97. The normalized spacial score (nSPS) is 24.4. The lowest BCUT2D eigenvalue weighted by Crippen LogP contribution is -2.40. The molecule has 0 bridgehead atoms. The summed E-state index contributed by atoms with van der Waals surface area (Å²) in [5.74, 6) is 0. The molecule has 1 unspecified atom stereocenters. The molecule has 1 saturated carbocycles. The number of rotatable bonds is 4. The monoisotopic (exact) mass is 271 g/mol. The second kappa shape index (κ2) is 6.88. The average molecular weight is 271 g/mol. The molecule has 0 spiro atoms. The average Bonchev–Trinajstić information content (AvgIpc) is 2.53. The van der Waals surface area contributed by atoms with E-state index < -0.39 is 0 Å². The van der Waals surface area contributed by atoms with Crippen molar-refractivity contribution in [3.05, 3.63) is 35.4 Å². The van der Waals surface area contributed by atoms with Crippen molar-refractivity contribution in [3.8, 4) is 6.07 Å². The minimum Gasteiger partial charge on any atom is -0.317 e. The largest absolute Gasteiger partial charge is 0.317 e. The van der Waals surface area contributed by atoms with Gasteiger partial charge in [0.05, 0.1) is 11.6 Å². The Morgan fingerprint density at radius 3 is 2.30 bits per heavy atom. The van der Waals surface area contributed by atoms with Gasteiger partial charge in [-0.2, -0.15) is 5.26 Å². The summed E-state index contributed by atoms with van der Waals surface area (Å²) in [6.07, 6.45) is 5.07. The summed E-state index contributed by atoms with van der Waals surface area (Å²) >= 11 is 0. The van der Waals surface area contributed by atoms with E-state index >= 15 is 0 Å². The van der Waals surface area contributed by atoms with Crippen molar-refractivity contribution in [1.82, 2.24) is 10.2 Å². The van der Waals surface area contributed by atoms with Crippen molar-refractivity contribution in [2.24, 2.45) is 0 Å². The summed E-state index contributed by atoms with van der Waals surface area (Å²) in [6, 6.07) is 11.9. The Kier molecular flexibility index (Phi) is 5.17. The van der Waals surface area contributed by atoms with E-state index in [0.717, 1.165) is 5.56 Å². The molecule has 3 nitrogen and oxygen atoms in total. The van der Waals surface area contributed by atoms with Gasteiger partial charge in [-0.15, -0.1) is 0 Å². The number of hydrogen-bond donors (Lipinski definition) is 1. The molecule has 1 atom stereocenters. The van der Waals surface area contributed by atoms with Crippen LogP contribution in [0.15, 0.2) is 24.3 Å². The molecule has 1 aromatic rings. The van der Waals surface area contributed by atoms with Crippen molar-refractivity contribution in [2.75, 3.05) is 14.1 Å². The van der Waals surface area contributed by atoms with Crippen LogP contribution in [0.25, 0.3) is 0 Å². The van der Waals surface area contributed by atoms with E-state index in [1.807, 2.05) is 12.1 Å². The van der Waals surface area contributed by atoms with Crippen LogP contribution in [-0.2, 0) is 0 Å². The Morgan fingerprint density at radius 1 is 1.20 bits per heavy atom. The quantitative estimate of drug-likeness (QED) is 0.914. The summed E-state index contributed by atoms with van der Waals surface area (Å²) in [7, 11) is 4.29. The van der Waals surface area contributed by atoms with Crippen molar-refractivity contribution in [3.63, 3.8) is 0 Å². The van der Waals surface area contributed by atoms with E-state index in [1.54, 1.807) is 0 Å². The summed E-state index contributed by atoms with van der Waals surface area (Å²) in [6.45, 7) is 2.26. The van der Waals surface area contributed by atoms with Crippen LogP contribution in [0.4, 0.5) is 0 Å². The highest BCUT2D eigenvalue weighted by Gasteiger charge is 2.26. The molecule has 108 valence electrons. The molecule has 1 aliphatic rings. The summed E-state index contributed by atoms with van der Waals surface area (Å²) in [5, 5.41) is 12.2. The fourth-order valence-electron chi connectivity index (χ4n) is 3.16. The molecule has 20 heavy (non-hydrogen) atoms. The van der Waals surface area contributed by atoms with Gasteiger partial charge in [0.15, 0.2) is 0 Å². The lowest BCUT2D eigenvalue weighted by molar-refractivity contribution is 0.136. The highest BCUT2D eigenvalue weighted by atomic mass is 15.2. The Morgan fingerprint density at radius 2 is 1.80 bits per heavy atom. The summed E-state index contributed by atoms with van der Waals surface area (Å²) < 4.78 is 0. The van der Waals surface area contributed by atoms with Gasteiger partial charge in [0.2, 0.25) is 0 Å². The van der Waals surface area contributed by atoms with Gasteiger partial charge >= 0.3 is 0 Å². The van der Waals surface area contributed by atoms with Crippen LogP contribution in [0.3, 0.4) is 0 Å². The number of nitrogens with zero attached hydrogens (tertiary/aromatic N) is 2. The minimum atomic E-state index is 0.402. The molecule has 1 fully saturated rings. The predicted octanol–water partition coefficient (Wildman–Crippen LogP) is 3.08. The number of nitrogens with one attached hydrogen (secondary N) is 1. The molecule has 2 rings (SSSR count). The highest BCUT2D eigenvalue weighted by molar-refractivity contribution is 5.32. The van der Waals surface area contributed by atoms with Crippen LogP contribution in [0.5, 0.6) is 0 Å². The van der Waals surface area contributed by atoms with Gasteiger partial charge < -0.3 is 5.32 Å². The van der Waals surface area contributed by atoms with E-state index in [-0.39, 0.29) is 0 Å². The van der Waals surface area contributed by atoms with Crippen LogP contribution in [0, 0.1) is 11.3 Å². The summed E-state index contributed by atoms with van der Waals surface area (Å²) in [5.41, 5.74) is 2.03. The van der Waals surface area contributed by atoms with Gasteiger partial charge in [-0.1, -0.05) is 12.1 Å². The number of benzene rings is 1. The first-order valence-electron chi connectivity index (χ1n) is 7.55. The standard InChI is InChI=1S/C17H25N3/c1-13(15-6-4-14(12-18)5-7-15)20(3)17-10-8-16(19-2)9-11-17/h4-7,13,16-17,19H,8-11H2,1-3H3. The van der Waals surface area contributed by atoms with Crippen molar-refractivity contribution < 1.29 is 0 Å². The molecule has 0 heterocycles.